The van der Waals surface area contributed by atoms with Gasteiger partial charge in [0, 0.05) is 5.41 Å². The van der Waals surface area contributed by atoms with E-state index in [9.17, 15) is 13.2 Å². The third-order valence-electron chi connectivity index (χ3n) is 4.76. The zero-order valence-corrected chi connectivity index (χ0v) is 14.9. The van der Waals surface area contributed by atoms with Gasteiger partial charge in [0.15, 0.2) is 0 Å². The summed E-state index contributed by atoms with van der Waals surface area (Å²) in [6, 6.07) is 7.90. The first-order chi connectivity index (χ1) is 10.5. The smallest absolute Gasteiger partial charge is 0.277 e. The molecule has 3 unspecified atom stereocenters. The summed E-state index contributed by atoms with van der Waals surface area (Å²) in [7, 11) is 2.70. The van der Waals surface area contributed by atoms with Crippen molar-refractivity contribution in [2.45, 2.75) is 51.5 Å². The van der Waals surface area contributed by atoms with Crippen molar-refractivity contribution in [2.24, 2.45) is 0 Å². The minimum Gasteiger partial charge on any atom is -0.277 e. The number of allylic oxidation sites excluding steroid dienone is 2. The molecule has 126 valence electrons. The average Bonchev–Trinajstić information content (AvgIpc) is 2.43. The van der Waals surface area contributed by atoms with Gasteiger partial charge in [-0.2, -0.15) is 0 Å². The SMILES string of the molecule is CCC1=C(C)C(C)(OC(F)(F)F)C=CC1(C)c1ccccc1P. The number of alkyl halides is 3. The number of hydrogen-bond acceptors (Lipinski definition) is 1. The van der Waals surface area contributed by atoms with E-state index in [1.807, 2.05) is 44.2 Å². The lowest BCUT2D eigenvalue weighted by molar-refractivity contribution is -0.349. The second-order valence-corrected chi connectivity index (χ2v) is 6.86. The molecule has 0 fully saturated rings. The molecule has 0 bridgehead atoms. The van der Waals surface area contributed by atoms with Crippen molar-refractivity contribution in [2.75, 3.05) is 0 Å². The fourth-order valence-corrected chi connectivity index (χ4v) is 3.95. The van der Waals surface area contributed by atoms with Gasteiger partial charge in [-0.25, -0.2) is 0 Å². The molecule has 0 aliphatic heterocycles. The molecule has 0 saturated heterocycles. The molecule has 1 aliphatic rings. The molecule has 2 rings (SSSR count). The first-order valence-electron chi connectivity index (χ1n) is 7.56. The van der Waals surface area contributed by atoms with Crippen LogP contribution in [-0.2, 0) is 10.2 Å². The van der Waals surface area contributed by atoms with Crippen molar-refractivity contribution in [1.82, 2.24) is 0 Å². The van der Waals surface area contributed by atoms with Crippen LogP contribution in [0.2, 0.25) is 0 Å². The summed E-state index contributed by atoms with van der Waals surface area (Å²) in [6.45, 7) is 7.21. The van der Waals surface area contributed by atoms with Crippen LogP contribution in [0.3, 0.4) is 0 Å². The molecule has 0 heterocycles. The maximum Gasteiger partial charge on any atom is 0.523 e. The minimum absolute atomic E-state index is 0.439. The molecule has 3 atom stereocenters. The van der Waals surface area contributed by atoms with Crippen LogP contribution in [0.5, 0.6) is 0 Å². The van der Waals surface area contributed by atoms with E-state index in [1.54, 1.807) is 6.92 Å². The van der Waals surface area contributed by atoms with E-state index in [4.69, 9.17) is 0 Å². The molecule has 1 aromatic carbocycles. The maximum atomic E-state index is 12.8. The van der Waals surface area contributed by atoms with Crippen LogP contribution in [0.25, 0.3) is 0 Å². The molecular formula is C18H22F3OP. The van der Waals surface area contributed by atoms with E-state index in [0.717, 1.165) is 16.4 Å². The molecule has 0 saturated carbocycles. The van der Waals surface area contributed by atoms with Crippen LogP contribution >= 0.6 is 9.24 Å². The van der Waals surface area contributed by atoms with Crippen molar-refractivity contribution in [1.29, 1.82) is 0 Å². The largest absolute Gasteiger partial charge is 0.523 e. The molecule has 1 aromatic rings. The van der Waals surface area contributed by atoms with Gasteiger partial charge in [0.2, 0.25) is 0 Å². The van der Waals surface area contributed by atoms with E-state index in [0.29, 0.717) is 12.0 Å². The Hall–Kier alpha value is -1.12. The lowest BCUT2D eigenvalue weighted by Gasteiger charge is -2.42. The molecule has 5 heteroatoms. The molecule has 0 N–H and O–H groups in total. The first-order valence-corrected chi connectivity index (χ1v) is 8.14. The van der Waals surface area contributed by atoms with Gasteiger partial charge in [-0.05, 0) is 43.6 Å². The van der Waals surface area contributed by atoms with Crippen LogP contribution in [0, 0.1) is 0 Å². The number of hydrogen-bond donors (Lipinski definition) is 0. The topological polar surface area (TPSA) is 9.23 Å². The Morgan fingerprint density at radius 2 is 1.74 bits per heavy atom. The fourth-order valence-electron chi connectivity index (χ4n) is 3.45. The highest BCUT2D eigenvalue weighted by atomic mass is 31.0. The van der Waals surface area contributed by atoms with E-state index < -0.39 is 17.4 Å². The van der Waals surface area contributed by atoms with Crippen molar-refractivity contribution >= 4 is 14.5 Å². The van der Waals surface area contributed by atoms with Gasteiger partial charge >= 0.3 is 6.36 Å². The van der Waals surface area contributed by atoms with E-state index in [-0.39, 0.29) is 0 Å². The highest BCUT2D eigenvalue weighted by Crippen LogP contribution is 2.46. The van der Waals surface area contributed by atoms with Crippen LogP contribution < -0.4 is 5.30 Å². The molecule has 0 aromatic heterocycles. The Balaban J connectivity index is 2.58. The minimum atomic E-state index is -4.68. The normalized spacial score (nSPS) is 28.3. The number of benzene rings is 1. The summed E-state index contributed by atoms with van der Waals surface area (Å²) in [6.07, 6.45) is -0.645. The third kappa shape index (κ3) is 3.39. The molecule has 0 radical (unpaired) electrons. The second-order valence-electron chi connectivity index (χ2n) is 6.23. The van der Waals surface area contributed by atoms with Crippen molar-refractivity contribution < 1.29 is 17.9 Å². The van der Waals surface area contributed by atoms with Crippen LogP contribution in [0.1, 0.15) is 39.7 Å². The van der Waals surface area contributed by atoms with Crippen LogP contribution in [0.4, 0.5) is 13.2 Å². The summed E-state index contributed by atoms with van der Waals surface area (Å²) >= 11 is 0. The van der Waals surface area contributed by atoms with E-state index >= 15 is 0 Å². The number of halogens is 3. The summed E-state index contributed by atoms with van der Waals surface area (Å²) in [5.41, 5.74) is 0.758. The lowest BCUT2D eigenvalue weighted by Crippen LogP contribution is -2.41. The maximum absolute atomic E-state index is 12.8. The Labute approximate surface area is 137 Å². The van der Waals surface area contributed by atoms with Crippen LogP contribution in [-0.4, -0.2) is 12.0 Å². The number of ether oxygens (including phenoxy) is 1. The quantitative estimate of drug-likeness (QED) is 0.553. The second kappa shape index (κ2) is 6.07. The summed E-state index contributed by atoms with van der Waals surface area (Å²) in [5.74, 6) is 0. The van der Waals surface area contributed by atoms with Crippen molar-refractivity contribution in [3.63, 3.8) is 0 Å². The summed E-state index contributed by atoms with van der Waals surface area (Å²) in [5, 5.41) is 1.04. The Morgan fingerprint density at radius 1 is 1.13 bits per heavy atom. The van der Waals surface area contributed by atoms with Gasteiger partial charge in [-0.15, -0.1) is 22.4 Å². The van der Waals surface area contributed by atoms with Gasteiger partial charge in [0.1, 0.15) is 5.60 Å². The highest BCUT2D eigenvalue weighted by molar-refractivity contribution is 7.27. The predicted molar refractivity (Wildman–Crippen MR) is 90.8 cm³/mol. The number of rotatable bonds is 3. The molecule has 1 aliphatic carbocycles. The van der Waals surface area contributed by atoms with Crippen molar-refractivity contribution in [3.05, 3.63) is 53.1 Å². The summed E-state index contributed by atoms with van der Waals surface area (Å²) in [4.78, 5) is 0. The Morgan fingerprint density at radius 3 is 2.26 bits per heavy atom. The Kier molecular flexibility index (Phi) is 4.81. The molecule has 23 heavy (non-hydrogen) atoms. The van der Waals surface area contributed by atoms with E-state index in [1.165, 1.54) is 13.0 Å². The molecule has 1 nitrogen and oxygen atoms in total. The first kappa shape index (κ1) is 18.2. The zero-order chi connectivity index (χ0) is 17.5. The van der Waals surface area contributed by atoms with Crippen LogP contribution in [0.15, 0.2) is 47.6 Å². The highest BCUT2D eigenvalue weighted by Gasteiger charge is 2.45. The predicted octanol–water partition coefficient (Wildman–Crippen LogP) is 5.04. The molecule has 0 spiro atoms. The van der Waals surface area contributed by atoms with Gasteiger partial charge in [0.05, 0.1) is 0 Å². The average molecular weight is 342 g/mol. The fraction of sp³-hybridized carbons (Fsp3) is 0.444. The monoisotopic (exact) mass is 342 g/mol. The van der Waals surface area contributed by atoms with Gasteiger partial charge in [0.25, 0.3) is 0 Å². The summed E-state index contributed by atoms with van der Waals surface area (Å²) < 4.78 is 42.8. The van der Waals surface area contributed by atoms with Gasteiger partial charge in [-0.3, -0.25) is 4.74 Å². The molecule has 0 amide bonds. The van der Waals surface area contributed by atoms with Gasteiger partial charge < -0.3 is 0 Å². The van der Waals surface area contributed by atoms with E-state index in [2.05, 4.69) is 14.0 Å². The Bertz CT molecular complexity index is 662. The standard InChI is InChI=1S/C18H22F3OP/c1-5-13-12(2)17(4,22-18(19,20)21)11-10-16(13,3)14-8-6-7-9-15(14)23/h6-11H,5,23H2,1-4H3. The third-order valence-corrected chi connectivity index (χ3v) is 5.26. The zero-order valence-electron chi connectivity index (χ0n) is 13.8. The van der Waals surface area contributed by atoms with Crippen molar-refractivity contribution in [3.8, 4) is 0 Å². The lowest BCUT2D eigenvalue weighted by atomic mass is 9.67. The molecular weight excluding hydrogens is 320 g/mol. The van der Waals surface area contributed by atoms with Gasteiger partial charge in [-0.1, -0.05) is 48.9 Å².